The number of aryl methyl sites for hydroxylation is 1. The number of nitrogens with zero attached hydrogens (tertiary/aromatic N) is 3. The molecule has 0 unspecified atom stereocenters. The SMILES string of the molecule is COC(=O)N1c2ccc3c(nc(C[C@@H](C(=O)O)c4ccccc4)n3C3CCC4(CC3)COC4)c2CC[C@@H]1C. The van der Waals surface area contributed by atoms with Crippen LogP contribution < -0.4 is 4.90 Å². The van der Waals surface area contributed by atoms with Gasteiger partial charge in [0.15, 0.2) is 0 Å². The van der Waals surface area contributed by atoms with Crippen LogP contribution in [0.25, 0.3) is 11.0 Å². The Hall–Kier alpha value is -3.39. The van der Waals surface area contributed by atoms with Crippen molar-refractivity contribution < 1.29 is 24.2 Å². The molecule has 0 radical (unpaired) electrons. The maximum Gasteiger partial charge on any atom is 0.414 e. The molecule has 8 heteroatoms. The topological polar surface area (TPSA) is 93.9 Å². The number of aliphatic carboxylic acids is 1. The molecule has 1 spiro atoms. The van der Waals surface area contributed by atoms with Crippen molar-refractivity contribution in [2.24, 2.45) is 5.41 Å². The van der Waals surface area contributed by atoms with Gasteiger partial charge >= 0.3 is 12.1 Å². The second-order valence-corrected chi connectivity index (χ2v) is 11.3. The molecule has 2 fully saturated rings. The largest absolute Gasteiger partial charge is 0.481 e. The zero-order valence-electron chi connectivity index (χ0n) is 22.1. The number of benzene rings is 2. The minimum atomic E-state index is -0.850. The van der Waals surface area contributed by atoms with Gasteiger partial charge in [0.05, 0.1) is 43.0 Å². The van der Waals surface area contributed by atoms with Gasteiger partial charge in [-0.1, -0.05) is 30.3 Å². The number of anilines is 1. The summed E-state index contributed by atoms with van der Waals surface area (Å²) in [5.74, 6) is -0.736. The molecule has 1 saturated carbocycles. The normalized spacial score (nSPS) is 21.6. The zero-order chi connectivity index (χ0) is 26.4. The highest BCUT2D eigenvalue weighted by Gasteiger charge is 2.43. The van der Waals surface area contributed by atoms with E-state index in [2.05, 4.69) is 10.6 Å². The maximum atomic E-state index is 12.7. The van der Waals surface area contributed by atoms with Gasteiger partial charge in [-0.15, -0.1) is 0 Å². The minimum Gasteiger partial charge on any atom is -0.481 e. The Bertz CT molecular complexity index is 1350. The first-order valence-electron chi connectivity index (χ1n) is 13.7. The molecule has 2 aromatic carbocycles. The lowest BCUT2D eigenvalue weighted by Crippen LogP contribution is -2.45. The van der Waals surface area contributed by atoms with Crippen molar-refractivity contribution in [3.8, 4) is 0 Å². The van der Waals surface area contributed by atoms with Crippen molar-refractivity contribution in [1.29, 1.82) is 0 Å². The third-order valence-electron chi connectivity index (χ3n) is 8.98. The number of carbonyl (C=O) groups is 2. The summed E-state index contributed by atoms with van der Waals surface area (Å²) in [5, 5.41) is 10.2. The van der Waals surface area contributed by atoms with Crippen LogP contribution in [0.1, 0.15) is 67.9 Å². The number of methoxy groups -OCH3 is 1. The summed E-state index contributed by atoms with van der Waals surface area (Å²) < 4.78 is 13.0. The number of carboxylic acid groups (broad SMARTS) is 1. The van der Waals surface area contributed by atoms with Crippen LogP contribution in [-0.4, -0.2) is 53.1 Å². The fourth-order valence-electron chi connectivity index (χ4n) is 6.74. The standard InChI is InChI=1S/C30H35N3O5/c1-19-8-9-22-24(32(19)29(36)37-2)10-11-25-27(22)31-26(16-23(28(34)35)20-6-4-3-5-7-20)33(25)21-12-14-30(15-13-21)17-38-18-30/h3-7,10-11,19,21,23H,8-9,12-18H2,1-2H3,(H,34,35)/t19-,23+/m0/s1. The Morgan fingerprint density at radius 1 is 1.13 bits per heavy atom. The van der Waals surface area contributed by atoms with Crippen molar-refractivity contribution in [3.63, 3.8) is 0 Å². The van der Waals surface area contributed by atoms with Crippen LogP contribution in [0.3, 0.4) is 0 Å². The van der Waals surface area contributed by atoms with Gasteiger partial charge < -0.3 is 19.1 Å². The molecular formula is C30H35N3O5. The molecule has 1 amide bonds. The highest BCUT2D eigenvalue weighted by Crippen LogP contribution is 2.47. The molecule has 1 N–H and O–H groups in total. The predicted octanol–water partition coefficient (Wildman–Crippen LogP) is 5.49. The van der Waals surface area contributed by atoms with E-state index in [1.165, 1.54) is 7.11 Å². The molecule has 3 aromatic rings. The summed E-state index contributed by atoms with van der Waals surface area (Å²) in [7, 11) is 1.41. The third kappa shape index (κ3) is 4.15. The van der Waals surface area contributed by atoms with Crippen molar-refractivity contribution in [2.45, 2.75) is 69.9 Å². The number of hydrogen-bond acceptors (Lipinski definition) is 5. The lowest BCUT2D eigenvalue weighted by molar-refractivity contribution is -0.138. The Labute approximate surface area is 222 Å². The number of carbonyl (C=O) groups excluding carboxylic acids is 1. The first-order valence-corrected chi connectivity index (χ1v) is 13.7. The molecule has 1 aromatic heterocycles. The van der Waals surface area contributed by atoms with Crippen LogP contribution >= 0.6 is 0 Å². The second kappa shape index (κ2) is 9.73. The van der Waals surface area contributed by atoms with Gasteiger partial charge in [0, 0.05) is 29.5 Å². The van der Waals surface area contributed by atoms with Crippen molar-refractivity contribution >= 4 is 28.8 Å². The van der Waals surface area contributed by atoms with Crippen molar-refractivity contribution in [2.75, 3.05) is 25.2 Å². The Kier molecular flexibility index (Phi) is 6.38. The van der Waals surface area contributed by atoms with E-state index in [0.717, 1.165) is 85.4 Å². The molecule has 2 aliphatic heterocycles. The van der Waals surface area contributed by atoms with E-state index in [4.69, 9.17) is 14.5 Å². The lowest BCUT2D eigenvalue weighted by Gasteiger charge is -2.46. The number of amides is 1. The minimum absolute atomic E-state index is 0.0302. The molecule has 3 aliphatic rings. The van der Waals surface area contributed by atoms with Gasteiger partial charge in [-0.05, 0) is 63.1 Å². The Morgan fingerprint density at radius 2 is 1.87 bits per heavy atom. The fraction of sp³-hybridized carbons (Fsp3) is 0.500. The van der Waals surface area contributed by atoms with Gasteiger partial charge in [0.25, 0.3) is 0 Å². The summed E-state index contributed by atoms with van der Waals surface area (Å²) in [6.07, 6.45) is 5.83. The molecule has 2 atom stereocenters. The number of fused-ring (bicyclic) bond motifs is 3. The Balaban J connectivity index is 1.46. The van der Waals surface area contributed by atoms with Gasteiger partial charge in [-0.25, -0.2) is 9.78 Å². The average Bonchev–Trinajstić information content (AvgIpc) is 3.29. The van der Waals surface area contributed by atoms with Crippen LogP contribution in [0.4, 0.5) is 10.5 Å². The highest BCUT2D eigenvalue weighted by molar-refractivity contribution is 5.95. The second-order valence-electron chi connectivity index (χ2n) is 11.3. The predicted molar refractivity (Wildman–Crippen MR) is 144 cm³/mol. The molecule has 200 valence electrons. The highest BCUT2D eigenvalue weighted by atomic mass is 16.5. The molecule has 3 heterocycles. The van der Waals surface area contributed by atoms with E-state index in [9.17, 15) is 14.7 Å². The molecule has 1 saturated heterocycles. The van der Waals surface area contributed by atoms with Crippen LogP contribution in [0, 0.1) is 5.41 Å². The monoisotopic (exact) mass is 517 g/mol. The van der Waals surface area contributed by atoms with Gasteiger partial charge in [0.1, 0.15) is 5.82 Å². The first kappa shape index (κ1) is 24.9. The van der Waals surface area contributed by atoms with E-state index in [0.29, 0.717) is 11.8 Å². The van der Waals surface area contributed by atoms with Gasteiger partial charge in [0.2, 0.25) is 0 Å². The fourth-order valence-corrected chi connectivity index (χ4v) is 6.74. The van der Waals surface area contributed by atoms with Crippen LogP contribution in [-0.2, 0) is 27.1 Å². The van der Waals surface area contributed by atoms with Crippen LogP contribution in [0.2, 0.25) is 0 Å². The molecule has 8 nitrogen and oxygen atoms in total. The number of carboxylic acids is 1. The molecule has 1 aliphatic carbocycles. The average molecular weight is 518 g/mol. The molecule has 6 rings (SSSR count). The summed E-state index contributed by atoms with van der Waals surface area (Å²) >= 11 is 0. The number of rotatable bonds is 5. The quantitative estimate of drug-likeness (QED) is 0.481. The molecular weight excluding hydrogens is 482 g/mol. The Morgan fingerprint density at radius 3 is 2.50 bits per heavy atom. The maximum absolute atomic E-state index is 12.7. The lowest BCUT2D eigenvalue weighted by atomic mass is 9.71. The zero-order valence-corrected chi connectivity index (χ0v) is 22.1. The van der Waals surface area contributed by atoms with E-state index in [1.54, 1.807) is 4.90 Å². The third-order valence-corrected chi connectivity index (χ3v) is 8.98. The number of ether oxygens (including phenoxy) is 2. The van der Waals surface area contributed by atoms with Crippen molar-refractivity contribution in [1.82, 2.24) is 9.55 Å². The van der Waals surface area contributed by atoms with Gasteiger partial charge in [-0.2, -0.15) is 0 Å². The van der Waals surface area contributed by atoms with E-state index in [-0.39, 0.29) is 18.2 Å². The summed E-state index contributed by atoms with van der Waals surface area (Å²) in [5.41, 5.74) is 4.88. The summed E-state index contributed by atoms with van der Waals surface area (Å²) in [6.45, 7) is 3.73. The van der Waals surface area contributed by atoms with E-state index >= 15 is 0 Å². The molecule has 38 heavy (non-hydrogen) atoms. The molecule has 0 bridgehead atoms. The van der Waals surface area contributed by atoms with Crippen LogP contribution in [0.5, 0.6) is 0 Å². The van der Waals surface area contributed by atoms with Crippen molar-refractivity contribution in [3.05, 3.63) is 59.4 Å². The summed E-state index contributed by atoms with van der Waals surface area (Å²) in [6, 6.07) is 13.8. The van der Waals surface area contributed by atoms with Crippen LogP contribution in [0.15, 0.2) is 42.5 Å². The number of imidazole rings is 1. The number of hydrogen-bond donors (Lipinski definition) is 1. The van der Waals surface area contributed by atoms with Gasteiger partial charge in [-0.3, -0.25) is 9.69 Å². The summed E-state index contributed by atoms with van der Waals surface area (Å²) in [4.78, 5) is 32.0. The first-order chi connectivity index (χ1) is 18.4. The smallest absolute Gasteiger partial charge is 0.414 e. The van der Waals surface area contributed by atoms with E-state index < -0.39 is 11.9 Å². The van der Waals surface area contributed by atoms with E-state index in [1.807, 2.05) is 43.3 Å². The number of aromatic nitrogens is 2.